The Hall–Kier alpha value is -2.41. The molecule has 0 aliphatic heterocycles. The van der Waals surface area contributed by atoms with Gasteiger partial charge in [-0.3, -0.25) is 0 Å². The molecule has 0 saturated carbocycles. The molecule has 0 amide bonds. The fourth-order valence-electron chi connectivity index (χ4n) is 1.49. The van der Waals surface area contributed by atoms with Crippen LogP contribution >= 0.6 is 11.6 Å². The minimum Gasteiger partial charge on any atom is -0.376 e. The first-order valence-electron chi connectivity index (χ1n) is 5.49. The summed E-state index contributed by atoms with van der Waals surface area (Å²) >= 11 is 5.80. The van der Waals surface area contributed by atoms with E-state index in [1.165, 1.54) is 6.20 Å². The predicted molar refractivity (Wildman–Crippen MR) is 68.5 cm³/mol. The van der Waals surface area contributed by atoms with Gasteiger partial charge in [-0.15, -0.1) is 0 Å². The predicted octanol–water partition coefficient (Wildman–Crippen LogP) is 2.12. The molecule has 0 unspecified atom stereocenters. The van der Waals surface area contributed by atoms with E-state index in [4.69, 9.17) is 16.1 Å². The van der Waals surface area contributed by atoms with Crippen molar-refractivity contribution in [1.29, 1.82) is 0 Å². The van der Waals surface area contributed by atoms with E-state index in [-0.39, 0.29) is 0 Å². The average Bonchev–Trinajstić information content (AvgIpc) is 3.09. The van der Waals surface area contributed by atoms with Gasteiger partial charge in [0.2, 0.25) is 11.7 Å². The lowest BCUT2D eigenvalue weighted by Crippen LogP contribution is -1.99. The van der Waals surface area contributed by atoms with Gasteiger partial charge in [0, 0.05) is 10.7 Å². The Morgan fingerprint density at radius 3 is 2.84 bits per heavy atom. The molecule has 3 aromatic rings. The van der Waals surface area contributed by atoms with Crippen molar-refractivity contribution in [3.05, 3.63) is 41.4 Å². The summed E-state index contributed by atoms with van der Waals surface area (Å²) in [4.78, 5) is 4.20. The Morgan fingerprint density at radius 1 is 1.26 bits per heavy atom. The number of anilines is 1. The lowest BCUT2D eigenvalue weighted by Gasteiger charge is -2.02. The van der Waals surface area contributed by atoms with E-state index < -0.39 is 0 Å². The molecule has 2 N–H and O–H groups in total. The fourth-order valence-corrected chi connectivity index (χ4v) is 1.61. The number of halogens is 1. The second-order valence-corrected chi connectivity index (χ2v) is 4.16. The minimum atomic E-state index is 0.404. The molecule has 1 aromatic carbocycles. The molecule has 0 bridgehead atoms. The van der Waals surface area contributed by atoms with Crippen LogP contribution in [0.2, 0.25) is 5.02 Å². The highest BCUT2D eigenvalue weighted by atomic mass is 35.5. The Labute approximate surface area is 113 Å². The highest BCUT2D eigenvalue weighted by Crippen LogP contribution is 2.15. The second kappa shape index (κ2) is 5.07. The van der Waals surface area contributed by atoms with Gasteiger partial charge in [0.25, 0.3) is 0 Å². The molecule has 19 heavy (non-hydrogen) atoms. The maximum Gasteiger partial charge on any atom is 0.246 e. The van der Waals surface area contributed by atoms with E-state index >= 15 is 0 Å². The van der Waals surface area contributed by atoms with Gasteiger partial charge < -0.3 is 9.84 Å². The zero-order chi connectivity index (χ0) is 13.1. The number of rotatable bonds is 4. The van der Waals surface area contributed by atoms with Crippen molar-refractivity contribution in [2.75, 3.05) is 5.32 Å². The van der Waals surface area contributed by atoms with Crippen molar-refractivity contribution in [3.8, 4) is 11.5 Å². The van der Waals surface area contributed by atoms with Crippen LogP contribution in [0.25, 0.3) is 11.5 Å². The molecule has 0 saturated heterocycles. The summed E-state index contributed by atoms with van der Waals surface area (Å²) in [6.45, 7) is 0.423. The molecule has 3 rings (SSSR count). The van der Waals surface area contributed by atoms with Crippen LogP contribution in [0, 0.1) is 0 Å². The Kier molecular flexibility index (Phi) is 3.11. The molecule has 0 spiro atoms. The van der Waals surface area contributed by atoms with Crippen molar-refractivity contribution in [2.45, 2.75) is 6.54 Å². The smallest absolute Gasteiger partial charge is 0.246 e. The van der Waals surface area contributed by atoms with Crippen molar-refractivity contribution in [2.24, 2.45) is 0 Å². The molecule has 0 radical (unpaired) electrons. The number of aromatic amines is 1. The first-order valence-corrected chi connectivity index (χ1v) is 5.87. The summed E-state index contributed by atoms with van der Waals surface area (Å²) in [5, 5.41) is 17.7. The summed E-state index contributed by atoms with van der Waals surface area (Å²) in [6, 6.07) is 7.35. The van der Waals surface area contributed by atoms with Gasteiger partial charge in [0.1, 0.15) is 0 Å². The number of hydrogen-bond acceptors (Lipinski definition) is 6. The molecule has 2 aromatic heterocycles. The van der Waals surface area contributed by atoms with Crippen molar-refractivity contribution in [3.63, 3.8) is 0 Å². The largest absolute Gasteiger partial charge is 0.376 e. The Bertz CT molecular complexity index is 648. The van der Waals surface area contributed by atoms with E-state index in [0.717, 1.165) is 5.69 Å². The molecule has 0 fully saturated rings. The number of benzene rings is 1. The standard InChI is InChI=1S/C11H9ClN6O/c12-7-1-3-8(4-2-7)13-6-10-15-11(17-19-10)9-5-14-18-16-9/h1-5,13H,6H2,(H,14,16,18). The Morgan fingerprint density at radius 2 is 2.11 bits per heavy atom. The maximum absolute atomic E-state index is 5.80. The third-order valence-corrected chi connectivity index (χ3v) is 2.65. The zero-order valence-electron chi connectivity index (χ0n) is 9.67. The van der Waals surface area contributed by atoms with Crippen molar-refractivity contribution < 1.29 is 4.52 Å². The third-order valence-electron chi connectivity index (χ3n) is 2.40. The zero-order valence-corrected chi connectivity index (χ0v) is 10.4. The van der Waals surface area contributed by atoms with Crippen LogP contribution in [-0.2, 0) is 6.54 Å². The van der Waals surface area contributed by atoms with Gasteiger partial charge in [-0.2, -0.15) is 20.4 Å². The third kappa shape index (κ3) is 2.71. The Balaban J connectivity index is 1.66. The molecular weight excluding hydrogens is 268 g/mol. The van der Waals surface area contributed by atoms with Gasteiger partial charge in [0.15, 0.2) is 5.69 Å². The van der Waals surface area contributed by atoms with Gasteiger partial charge in [-0.05, 0) is 24.3 Å². The molecular formula is C11H9ClN6O. The molecule has 0 aliphatic carbocycles. The van der Waals surface area contributed by atoms with Crippen LogP contribution in [0.5, 0.6) is 0 Å². The van der Waals surface area contributed by atoms with E-state index in [1.807, 2.05) is 12.1 Å². The van der Waals surface area contributed by atoms with E-state index in [0.29, 0.717) is 29.0 Å². The van der Waals surface area contributed by atoms with Crippen LogP contribution in [0.3, 0.4) is 0 Å². The monoisotopic (exact) mass is 276 g/mol. The highest BCUT2D eigenvalue weighted by Gasteiger charge is 2.10. The lowest BCUT2D eigenvalue weighted by atomic mass is 10.3. The molecule has 0 aliphatic rings. The first kappa shape index (κ1) is 11.7. The molecule has 7 nitrogen and oxygen atoms in total. The fraction of sp³-hybridized carbons (Fsp3) is 0.0909. The number of nitrogens with zero attached hydrogens (tertiary/aromatic N) is 4. The quantitative estimate of drug-likeness (QED) is 0.758. The van der Waals surface area contributed by atoms with Crippen molar-refractivity contribution in [1.82, 2.24) is 25.6 Å². The van der Waals surface area contributed by atoms with Crippen LogP contribution in [0.4, 0.5) is 5.69 Å². The van der Waals surface area contributed by atoms with E-state index in [2.05, 4.69) is 30.9 Å². The molecule has 96 valence electrons. The SMILES string of the molecule is Clc1ccc(NCc2nc(-c3cn[nH]n3)no2)cc1. The maximum atomic E-state index is 5.80. The first-order chi connectivity index (χ1) is 9.31. The summed E-state index contributed by atoms with van der Waals surface area (Å²) in [7, 11) is 0. The molecule has 0 atom stereocenters. The second-order valence-electron chi connectivity index (χ2n) is 3.73. The van der Waals surface area contributed by atoms with Gasteiger partial charge >= 0.3 is 0 Å². The van der Waals surface area contributed by atoms with E-state index in [9.17, 15) is 0 Å². The minimum absolute atomic E-state index is 0.404. The number of hydrogen-bond donors (Lipinski definition) is 2. The summed E-state index contributed by atoms with van der Waals surface area (Å²) < 4.78 is 5.10. The summed E-state index contributed by atoms with van der Waals surface area (Å²) in [5.74, 6) is 0.870. The summed E-state index contributed by atoms with van der Waals surface area (Å²) in [6.07, 6.45) is 1.53. The normalized spacial score (nSPS) is 10.6. The van der Waals surface area contributed by atoms with E-state index in [1.54, 1.807) is 12.1 Å². The summed E-state index contributed by atoms with van der Waals surface area (Å²) in [5.41, 5.74) is 1.46. The van der Waals surface area contributed by atoms with Crippen LogP contribution < -0.4 is 5.32 Å². The average molecular weight is 277 g/mol. The van der Waals surface area contributed by atoms with Crippen LogP contribution in [0.15, 0.2) is 35.0 Å². The number of aromatic nitrogens is 5. The van der Waals surface area contributed by atoms with Gasteiger partial charge in [-0.25, -0.2) is 0 Å². The van der Waals surface area contributed by atoms with Crippen LogP contribution in [-0.4, -0.2) is 25.6 Å². The van der Waals surface area contributed by atoms with Gasteiger partial charge in [0.05, 0.1) is 12.7 Å². The molecule has 2 heterocycles. The molecule has 8 heteroatoms. The van der Waals surface area contributed by atoms with Crippen molar-refractivity contribution >= 4 is 17.3 Å². The van der Waals surface area contributed by atoms with Crippen LogP contribution in [0.1, 0.15) is 5.89 Å². The number of H-pyrrole nitrogens is 1. The van der Waals surface area contributed by atoms with Gasteiger partial charge in [-0.1, -0.05) is 16.8 Å². The number of nitrogens with one attached hydrogen (secondary N) is 2. The lowest BCUT2D eigenvalue weighted by molar-refractivity contribution is 0.384. The highest BCUT2D eigenvalue weighted by molar-refractivity contribution is 6.30. The topological polar surface area (TPSA) is 92.5 Å².